The molecule has 108 valence electrons. The van der Waals surface area contributed by atoms with E-state index < -0.39 is 0 Å². The predicted molar refractivity (Wildman–Crippen MR) is 79.3 cm³/mol. The molecule has 0 unspecified atom stereocenters. The summed E-state index contributed by atoms with van der Waals surface area (Å²) in [5.74, 6) is 2.82. The second kappa shape index (κ2) is 8.34. The average Bonchev–Trinajstić information content (AvgIpc) is 2.92. The van der Waals surface area contributed by atoms with E-state index in [2.05, 4.69) is 17.1 Å². The highest BCUT2D eigenvalue weighted by molar-refractivity contribution is 4.99. The zero-order chi connectivity index (χ0) is 13.3. The highest BCUT2D eigenvalue weighted by atomic mass is 15.2. The van der Waals surface area contributed by atoms with E-state index in [1.807, 2.05) is 0 Å². The first-order chi connectivity index (χ1) is 9.40. The van der Waals surface area contributed by atoms with Crippen LogP contribution in [0.15, 0.2) is 0 Å². The molecule has 1 fully saturated rings. The van der Waals surface area contributed by atoms with E-state index in [0.29, 0.717) is 5.92 Å². The molecule has 3 nitrogen and oxygen atoms in total. The van der Waals surface area contributed by atoms with Crippen LogP contribution in [0.2, 0.25) is 0 Å². The highest BCUT2D eigenvalue weighted by Crippen LogP contribution is 2.30. The van der Waals surface area contributed by atoms with Crippen LogP contribution in [0.4, 0.5) is 0 Å². The molecule has 1 aliphatic carbocycles. The van der Waals surface area contributed by atoms with E-state index in [9.17, 15) is 0 Å². The predicted octanol–water partition coefficient (Wildman–Crippen LogP) is 4.76. The van der Waals surface area contributed by atoms with Crippen LogP contribution in [-0.4, -0.2) is 15.2 Å². The van der Waals surface area contributed by atoms with Crippen LogP contribution >= 0.6 is 0 Å². The first-order valence-corrected chi connectivity index (χ1v) is 8.31. The van der Waals surface area contributed by atoms with E-state index in [1.165, 1.54) is 70.6 Å². The number of rotatable bonds is 8. The van der Waals surface area contributed by atoms with E-state index in [4.69, 9.17) is 4.98 Å². The fourth-order valence-electron chi connectivity index (χ4n) is 3.04. The lowest BCUT2D eigenvalue weighted by molar-refractivity contribution is 0.429. The molecule has 0 aromatic carbocycles. The Morgan fingerprint density at radius 2 is 1.74 bits per heavy atom. The van der Waals surface area contributed by atoms with Gasteiger partial charge >= 0.3 is 0 Å². The molecular weight excluding hydrogens is 234 g/mol. The maximum atomic E-state index is 4.70. The summed E-state index contributed by atoms with van der Waals surface area (Å²) in [4.78, 5) is 4.70. The van der Waals surface area contributed by atoms with E-state index in [0.717, 1.165) is 18.1 Å². The van der Waals surface area contributed by atoms with Gasteiger partial charge in [0.25, 0.3) is 0 Å². The van der Waals surface area contributed by atoms with Gasteiger partial charge in [-0.15, -0.1) is 0 Å². The van der Waals surface area contributed by atoms with Gasteiger partial charge in [-0.3, -0.25) is 5.10 Å². The van der Waals surface area contributed by atoms with Gasteiger partial charge in [0.05, 0.1) is 0 Å². The summed E-state index contributed by atoms with van der Waals surface area (Å²) in [6, 6.07) is 0. The van der Waals surface area contributed by atoms with Crippen LogP contribution in [0, 0.1) is 0 Å². The molecule has 1 heterocycles. The van der Waals surface area contributed by atoms with Crippen LogP contribution in [0.25, 0.3) is 0 Å². The smallest absolute Gasteiger partial charge is 0.153 e. The summed E-state index contributed by atoms with van der Waals surface area (Å²) < 4.78 is 0. The Hall–Kier alpha value is -0.860. The van der Waals surface area contributed by atoms with Gasteiger partial charge in [0.15, 0.2) is 5.82 Å². The van der Waals surface area contributed by atoms with E-state index in [-0.39, 0.29) is 0 Å². The van der Waals surface area contributed by atoms with Gasteiger partial charge in [-0.2, -0.15) is 5.10 Å². The number of aromatic nitrogens is 3. The molecule has 2 rings (SSSR count). The lowest BCUT2D eigenvalue weighted by Crippen LogP contribution is -2.06. The molecule has 0 radical (unpaired) electrons. The number of hydrogen-bond donors (Lipinski definition) is 1. The Bertz CT molecular complexity index is 340. The summed E-state index contributed by atoms with van der Waals surface area (Å²) in [6.45, 7) is 2.27. The second-order valence-corrected chi connectivity index (χ2v) is 5.99. The minimum atomic E-state index is 0.628. The van der Waals surface area contributed by atoms with E-state index in [1.54, 1.807) is 0 Å². The van der Waals surface area contributed by atoms with Crippen molar-refractivity contribution in [1.29, 1.82) is 0 Å². The van der Waals surface area contributed by atoms with Gasteiger partial charge in [0, 0.05) is 12.3 Å². The Kier molecular flexibility index (Phi) is 6.38. The molecule has 0 aliphatic heterocycles. The van der Waals surface area contributed by atoms with Crippen molar-refractivity contribution in [3.63, 3.8) is 0 Å². The standard InChI is InChI=1S/C16H29N3/c1-2-3-4-5-6-10-13-15-17-16(19-18-15)14-11-8-7-9-12-14/h14H,2-13H2,1H3,(H,17,18,19). The van der Waals surface area contributed by atoms with Gasteiger partial charge in [-0.1, -0.05) is 58.3 Å². The number of nitrogens with one attached hydrogen (secondary N) is 1. The van der Waals surface area contributed by atoms with Crippen molar-refractivity contribution in [2.24, 2.45) is 0 Å². The van der Waals surface area contributed by atoms with Gasteiger partial charge in [0.2, 0.25) is 0 Å². The highest BCUT2D eigenvalue weighted by Gasteiger charge is 2.19. The maximum Gasteiger partial charge on any atom is 0.153 e. The largest absolute Gasteiger partial charge is 0.263 e. The number of unbranched alkanes of at least 4 members (excludes halogenated alkanes) is 5. The Balaban J connectivity index is 1.66. The Labute approximate surface area is 117 Å². The zero-order valence-electron chi connectivity index (χ0n) is 12.5. The molecular formula is C16H29N3. The second-order valence-electron chi connectivity index (χ2n) is 5.99. The van der Waals surface area contributed by atoms with Crippen LogP contribution < -0.4 is 0 Å². The van der Waals surface area contributed by atoms with Crippen molar-refractivity contribution in [2.75, 3.05) is 0 Å². The lowest BCUT2D eigenvalue weighted by atomic mass is 9.89. The molecule has 1 aromatic rings. The molecule has 1 saturated carbocycles. The van der Waals surface area contributed by atoms with E-state index >= 15 is 0 Å². The summed E-state index contributed by atoms with van der Waals surface area (Å²) in [5.41, 5.74) is 0. The lowest BCUT2D eigenvalue weighted by Gasteiger charge is -2.17. The van der Waals surface area contributed by atoms with Gasteiger partial charge in [0.1, 0.15) is 5.82 Å². The Morgan fingerprint density at radius 3 is 2.53 bits per heavy atom. The third kappa shape index (κ3) is 4.96. The summed E-state index contributed by atoms with van der Waals surface area (Å²) >= 11 is 0. The number of hydrogen-bond acceptors (Lipinski definition) is 2. The first kappa shape index (κ1) is 14.5. The van der Waals surface area contributed by atoms with Crippen LogP contribution in [0.3, 0.4) is 0 Å². The minimum Gasteiger partial charge on any atom is -0.263 e. The molecule has 0 bridgehead atoms. The maximum absolute atomic E-state index is 4.70. The van der Waals surface area contributed by atoms with Crippen molar-refractivity contribution in [1.82, 2.24) is 15.2 Å². The quantitative estimate of drug-likeness (QED) is 0.687. The van der Waals surface area contributed by atoms with Crippen molar-refractivity contribution in [3.05, 3.63) is 11.6 Å². The van der Waals surface area contributed by atoms with Crippen molar-refractivity contribution in [3.8, 4) is 0 Å². The average molecular weight is 263 g/mol. The normalized spacial score (nSPS) is 16.9. The third-order valence-corrected chi connectivity index (χ3v) is 4.29. The molecule has 1 aromatic heterocycles. The first-order valence-electron chi connectivity index (χ1n) is 8.31. The van der Waals surface area contributed by atoms with Crippen molar-refractivity contribution in [2.45, 2.75) is 89.9 Å². The van der Waals surface area contributed by atoms with Crippen molar-refractivity contribution >= 4 is 0 Å². The monoisotopic (exact) mass is 263 g/mol. The Morgan fingerprint density at radius 1 is 1.00 bits per heavy atom. The van der Waals surface area contributed by atoms with Gasteiger partial charge < -0.3 is 0 Å². The fraction of sp³-hybridized carbons (Fsp3) is 0.875. The number of H-pyrrole nitrogens is 1. The number of nitrogens with zero attached hydrogens (tertiary/aromatic N) is 2. The molecule has 3 heteroatoms. The van der Waals surface area contributed by atoms with Crippen molar-refractivity contribution < 1.29 is 0 Å². The molecule has 0 atom stereocenters. The van der Waals surface area contributed by atoms with Crippen LogP contribution in [0.5, 0.6) is 0 Å². The molecule has 0 saturated heterocycles. The topological polar surface area (TPSA) is 41.6 Å². The summed E-state index contributed by atoms with van der Waals surface area (Å²) in [6.07, 6.45) is 15.8. The third-order valence-electron chi connectivity index (χ3n) is 4.29. The molecule has 0 spiro atoms. The minimum absolute atomic E-state index is 0.628. The molecule has 1 aliphatic rings. The van der Waals surface area contributed by atoms with Crippen LogP contribution in [0.1, 0.15) is 95.1 Å². The summed E-state index contributed by atoms with van der Waals surface area (Å²) in [7, 11) is 0. The molecule has 1 N–H and O–H groups in total. The van der Waals surface area contributed by atoms with Gasteiger partial charge in [-0.25, -0.2) is 4.98 Å². The zero-order valence-corrected chi connectivity index (χ0v) is 12.5. The van der Waals surface area contributed by atoms with Crippen LogP contribution in [-0.2, 0) is 6.42 Å². The fourth-order valence-corrected chi connectivity index (χ4v) is 3.04. The SMILES string of the molecule is CCCCCCCCc1nc(C2CCCCC2)n[nH]1. The number of aryl methyl sites for hydroxylation is 1. The van der Waals surface area contributed by atoms with Gasteiger partial charge in [-0.05, 0) is 19.3 Å². The molecule has 19 heavy (non-hydrogen) atoms. The summed E-state index contributed by atoms with van der Waals surface area (Å²) in [5, 5.41) is 7.58. The number of aromatic amines is 1. The molecule has 0 amide bonds.